The number of amides is 1. The van der Waals surface area contributed by atoms with E-state index in [2.05, 4.69) is 57.1 Å². The molecule has 3 heterocycles. The van der Waals surface area contributed by atoms with Crippen LogP contribution in [0, 0.1) is 5.41 Å². The molecule has 4 rings (SSSR count). The average Bonchev–Trinajstić information content (AvgIpc) is 3.23. The van der Waals surface area contributed by atoms with Crippen molar-refractivity contribution in [2.45, 2.75) is 32.7 Å². The lowest BCUT2D eigenvalue weighted by atomic mass is 9.79. The molecule has 2 aromatic heterocycles. The maximum Gasteiger partial charge on any atom is 0.229 e. The number of benzene rings is 1. The molecule has 32 heavy (non-hydrogen) atoms. The zero-order valence-corrected chi connectivity index (χ0v) is 19.2. The quantitative estimate of drug-likeness (QED) is 0.574. The average molecular weight is 430 g/mol. The zero-order valence-electron chi connectivity index (χ0n) is 19.2. The van der Waals surface area contributed by atoms with Crippen LogP contribution in [0.25, 0.3) is 11.1 Å². The number of aromatic nitrogens is 3. The Hall–Kier alpha value is -3.12. The van der Waals surface area contributed by atoms with Crippen molar-refractivity contribution in [1.82, 2.24) is 24.8 Å². The molecule has 6 heteroatoms. The Morgan fingerprint density at radius 3 is 2.41 bits per heavy atom. The highest BCUT2D eigenvalue weighted by Gasteiger charge is 2.45. The van der Waals surface area contributed by atoms with Gasteiger partial charge in [0.25, 0.3) is 0 Å². The van der Waals surface area contributed by atoms with Crippen LogP contribution < -0.4 is 0 Å². The standard InChI is InChI=1S/C26H31N5O/c1-4-24-28-15-21(16-29-24)18-31-13-11-26(19-31,25(32)30(2)3)14-20-7-9-22(10-8-20)23-6-5-12-27-17-23/h5-10,12,15-17H,4,11,13-14,18-19H2,1-3H3. The molecule has 0 bridgehead atoms. The Kier molecular flexibility index (Phi) is 6.61. The largest absolute Gasteiger partial charge is 0.348 e. The highest BCUT2D eigenvalue weighted by atomic mass is 16.2. The van der Waals surface area contributed by atoms with Crippen LogP contribution in [0.5, 0.6) is 0 Å². The molecule has 3 aromatic rings. The second kappa shape index (κ2) is 9.57. The van der Waals surface area contributed by atoms with Gasteiger partial charge in [0.05, 0.1) is 5.41 Å². The van der Waals surface area contributed by atoms with Gasteiger partial charge in [-0.1, -0.05) is 37.3 Å². The van der Waals surface area contributed by atoms with Gasteiger partial charge < -0.3 is 4.90 Å². The minimum absolute atomic E-state index is 0.203. The highest BCUT2D eigenvalue weighted by Crippen LogP contribution is 2.37. The van der Waals surface area contributed by atoms with Gasteiger partial charge in [-0.2, -0.15) is 0 Å². The number of carbonyl (C=O) groups is 1. The maximum absolute atomic E-state index is 13.3. The second-order valence-electron chi connectivity index (χ2n) is 8.92. The van der Waals surface area contributed by atoms with E-state index in [1.807, 2.05) is 38.8 Å². The van der Waals surface area contributed by atoms with Gasteiger partial charge in [0.1, 0.15) is 5.82 Å². The second-order valence-corrected chi connectivity index (χ2v) is 8.92. The minimum atomic E-state index is -0.413. The molecule has 1 aliphatic rings. The fraction of sp³-hybridized carbons (Fsp3) is 0.385. The first-order chi connectivity index (χ1) is 15.5. The fourth-order valence-corrected chi connectivity index (χ4v) is 4.61. The summed E-state index contributed by atoms with van der Waals surface area (Å²) in [7, 11) is 3.71. The molecule has 166 valence electrons. The van der Waals surface area contributed by atoms with Crippen molar-refractivity contribution in [3.8, 4) is 11.1 Å². The van der Waals surface area contributed by atoms with E-state index >= 15 is 0 Å². The normalized spacial score (nSPS) is 18.6. The summed E-state index contributed by atoms with van der Waals surface area (Å²) in [5.74, 6) is 1.07. The molecule has 0 radical (unpaired) electrons. The molecule has 1 saturated heterocycles. The fourth-order valence-electron chi connectivity index (χ4n) is 4.61. The van der Waals surface area contributed by atoms with Crippen LogP contribution in [0.1, 0.15) is 30.3 Å². The Morgan fingerprint density at radius 1 is 1.03 bits per heavy atom. The molecular formula is C26H31N5O. The lowest BCUT2D eigenvalue weighted by Gasteiger charge is -2.31. The lowest BCUT2D eigenvalue weighted by Crippen LogP contribution is -2.43. The van der Waals surface area contributed by atoms with Gasteiger partial charge in [-0.15, -0.1) is 0 Å². The summed E-state index contributed by atoms with van der Waals surface area (Å²) < 4.78 is 0. The van der Waals surface area contributed by atoms with Gasteiger partial charge in [0, 0.05) is 64.0 Å². The predicted molar refractivity (Wildman–Crippen MR) is 126 cm³/mol. The molecule has 1 amide bonds. The number of nitrogens with zero attached hydrogens (tertiary/aromatic N) is 5. The van der Waals surface area contributed by atoms with Gasteiger partial charge in [-0.25, -0.2) is 9.97 Å². The van der Waals surface area contributed by atoms with Gasteiger partial charge in [0.2, 0.25) is 5.91 Å². The van der Waals surface area contributed by atoms with Crippen molar-refractivity contribution in [1.29, 1.82) is 0 Å². The zero-order chi connectivity index (χ0) is 22.6. The summed E-state index contributed by atoms with van der Waals surface area (Å²) in [6, 6.07) is 12.5. The summed E-state index contributed by atoms with van der Waals surface area (Å²) in [6.45, 7) is 4.46. The van der Waals surface area contributed by atoms with Crippen molar-refractivity contribution in [3.63, 3.8) is 0 Å². The molecule has 0 spiro atoms. The summed E-state index contributed by atoms with van der Waals surface area (Å²) >= 11 is 0. The molecule has 1 unspecified atom stereocenters. The first-order valence-electron chi connectivity index (χ1n) is 11.2. The third kappa shape index (κ3) is 4.86. The molecule has 6 nitrogen and oxygen atoms in total. The third-order valence-corrected chi connectivity index (χ3v) is 6.27. The number of aryl methyl sites for hydroxylation is 1. The van der Waals surface area contributed by atoms with Crippen LogP contribution in [0.4, 0.5) is 0 Å². The van der Waals surface area contributed by atoms with Crippen LogP contribution in [-0.4, -0.2) is 57.8 Å². The molecule has 0 saturated carbocycles. The molecule has 0 N–H and O–H groups in total. The Labute approximate surface area is 190 Å². The number of rotatable bonds is 7. The number of hydrogen-bond donors (Lipinski definition) is 0. The van der Waals surface area contributed by atoms with Crippen LogP contribution >= 0.6 is 0 Å². The summed E-state index contributed by atoms with van der Waals surface area (Å²) in [5, 5.41) is 0. The van der Waals surface area contributed by atoms with Crippen molar-refractivity contribution in [2.24, 2.45) is 5.41 Å². The topological polar surface area (TPSA) is 62.2 Å². The summed E-state index contributed by atoms with van der Waals surface area (Å²) in [5.41, 5.74) is 4.10. The van der Waals surface area contributed by atoms with Crippen molar-refractivity contribution in [2.75, 3.05) is 27.2 Å². The van der Waals surface area contributed by atoms with Gasteiger partial charge in [-0.05, 0) is 42.1 Å². The number of carbonyl (C=O) groups excluding carboxylic acids is 1. The minimum Gasteiger partial charge on any atom is -0.348 e. The summed E-state index contributed by atoms with van der Waals surface area (Å²) in [4.78, 5) is 30.5. The van der Waals surface area contributed by atoms with E-state index in [-0.39, 0.29) is 5.91 Å². The maximum atomic E-state index is 13.3. The third-order valence-electron chi connectivity index (χ3n) is 6.27. The number of pyridine rings is 1. The Balaban J connectivity index is 1.50. The van der Waals surface area contributed by atoms with Gasteiger partial charge >= 0.3 is 0 Å². The number of hydrogen-bond acceptors (Lipinski definition) is 5. The predicted octanol–water partition coefficient (Wildman–Crippen LogP) is 3.62. The Bertz CT molecular complexity index is 1030. The van der Waals surface area contributed by atoms with E-state index in [0.29, 0.717) is 0 Å². The molecule has 1 aromatic carbocycles. The van der Waals surface area contributed by atoms with Crippen molar-refractivity contribution in [3.05, 3.63) is 78.1 Å². The van der Waals surface area contributed by atoms with E-state index in [9.17, 15) is 4.79 Å². The highest BCUT2D eigenvalue weighted by molar-refractivity contribution is 5.83. The number of likely N-dealkylation sites (tertiary alicyclic amines) is 1. The van der Waals surface area contributed by atoms with E-state index in [1.54, 1.807) is 11.1 Å². The molecule has 1 aliphatic heterocycles. The molecule has 1 atom stereocenters. The van der Waals surface area contributed by atoms with Crippen LogP contribution in [-0.2, 0) is 24.2 Å². The van der Waals surface area contributed by atoms with Crippen LogP contribution in [0.15, 0.2) is 61.2 Å². The SMILES string of the molecule is CCc1ncc(CN2CCC(Cc3ccc(-c4cccnc4)cc3)(C(=O)N(C)C)C2)cn1. The first-order valence-corrected chi connectivity index (χ1v) is 11.2. The van der Waals surface area contributed by atoms with E-state index in [0.717, 1.165) is 61.4 Å². The molecule has 1 fully saturated rings. The van der Waals surface area contributed by atoms with E-state index in [1.165, 1.54) is 5.56 Å². The molecule has 0 aliphatic carbocycles. The van der Waals surface area contributed by atoms with E-state index < -0.39 is 5.41 Å². The lowest BCUT2D eigenvalue weighted by molar-refractivity contribution is -0.138. The van der Waals surface area contributed by atoms with Crippen LogP contribution in [0.2, 0.25) is 0 Å². The smallest absolute Gasteiger partial charge is 0.229 e. The van der Waals surface area contributed by atoms with Crippen LogP contribution in [0.3, 0.4) is 0 Å². The Morgan fingerprint density at radius 2 is 1.78 bits per heavy atom. The van der Waals surface area contributed by atoms with Crippen molar-refractivity contribution < 1.29 is 4.79 Å². The molecular weight excluding hydrogens is 398 g/mol. The van der Waals surface area contributed by atoms with Crippen molar-refractivity contribution >= 4 is 5.91 Å². The monoisotopic (exact) mass is 429 g/mol. The first kappa shape index (κ1) is 22.1. The van der Waals surface area contributed by atoms with Gasteiger partial charge in [-0.3, -0.25) is 14.7 Å². The van der Waals surface area contributed by atoms with E-state index in [4.69, 9.17) is 0 Å². The van der Waals surface area contributed by atoms with Gasteiger partial charge in [0.15, 0.2) is 0 Å². The summed E-state index contributed by atoms with van der Waals surface area (Å²) in [6.07, 6.45) is 9.90.